The van der Waals surface area contributed by atoms with Crippen molar-refractivity contribution in [3.8, 4) is 0 Å². The summed E-state index contributed by atoms with van der Waals surface area (Å²) >= 11 is 24.0. The molecule has 0 heterocycles. The first-order chi connectivity index (χ1) is 14.9. The lowest BCUT2D eigenvalue weighted by Gasteiger charge is -2.47. The molecule has 0 unspecified atom stereocenters. The Morgan fingerprint density at radius 3 is 1.91 bits per heavy atom. The first kappa shape index (κ1) is 25.2. The molecule has 8 heteroatoms. The summed E-state index contributed by atoms with van der Waals surface area (Å²) in [5.74, 6) is -0.391. The number of carbonyl (C=O) groups is 2. The minimum atomic E-state index is -0.204. The standard InChI is InChI=1S/C24H26Cl4N2O2/c1-23(2)10-16(30-22(32)15-5-7-18(26)20(28)9-15)11-24(3,12-23)13-29-21(31)14-4-6-17(25)19(27)8-14/h4-9,16H,10-13H2,1-3H3,(H,29,31)(H,30,32)/t16-,24+/m0/s1. The molecule has 2 atom stereocenters. The summed E-state index contributed by atoms with van der Waals surface area (Å²) in [5.41, 5.74) is 0.736. The Morgan fingerprint density at radius 1 is 0.844 bits per heavy atom. The van der Waals surface area contributed by atoms with E-state index in [0.29, 0.717) is 37.8 Å². The van der Waals surface area contributed by atoms with Gasteiger partial charge in [-0.25, -0.2) is 0 Å². The van der Waals surface area contributed by atoms with Gasteiger partial charge in [-0.15, -0.1) is 0 Å². The fraction of sp³-hybridized carbons (Fsp3) is 0.417. The molecule has 0 aliphatic heterocycles. The highest BCUT2D eigenvalue weighted by molar-refractivity contribution is 6.42. The third-order valence-corrected chi connectivity index (χ3v) is 7.30. The molecule has 2 N–H and O–H groups in total. The second-order valence-electron chi connectivity index (χ2n) is 9.67. The number of nitrogens with one attached hydrogen (secondary N) is 2. The Labute approximate surface area is 208 Å². The van der Waals surface area contributed by atoms with E-state index in [0.717, 1.165) is 19.3 Å². The van der Waals surface area contributed by atoms with Crippen molar-refractivity contribution in [1.82, 2.24) is 10.6 Å². The number of benzene rings is 2. The number of carbonyl (C=O) groups excluding carboxylic acids is 2. The van der Waals surface area contributed by atoms with E-state index in [4.69, 9.17) is 46.4 Å². The quantitative estimate of drug-likeness (QED) is 0.448. The predicted molar refractivity (Wildman–Crippen MR) is 132 cm³/mol. The smallest absolute Gasteiger partial charge is 0.251 e. The molecule has 2 aromatic carbocycles. The molecule has 1 saturated carbocycles. The van der Waals surface area contributed by atoms with E-state index in [2.05, 4.69) is 31.4 Å². The van der Waals surface area contributed by atoms with Crippen LogP contribution in [0.4, 0.5) is 0 Å². The predicted octanol–water partition coefficient (Wildman–Crippen LogP) is 7.05. The Kier molecular flexibility index (Phi) is 7.71. The van der Waals surface area contributed by atoms with Gasteiger partial charge in [-0.05, 0) is 66.5 Å². The van der Waals surface area contributed by atoms with Crippen LogP contribution >= 0.6 is 46.4 Å². The summed E-state index contributed by atoms with van der Waals surface area (Å²) in [6.07, 6.45) is 2.50. The Hall–Kier alpha value is -1.46. The molecule has 0 bridgehead atoms. The topological polar surface area (TPSA) is 58.2 Å². The zero-order valence-corrected chi connectivity index (χ0v) is 21.2. The van der Waals surface area contributed by atoms with E-state index >= 15 is 0 Å². The molecule has 0 aromatic heterocycles. The van der Waals surface area contributed by atoms with Gasteiger partial charge in [-0.1, -0.05) is 67.2 Å². The van der Waals surface area contributed by atoms with E-state index in [1.165, 1.54) is 0 Å². The number of hydrogen-bond acceptors (Lipinski definition) is 2. The molecular weight excluding hydrogens is 490 g/mol. The van der Waals surface area contributed by atoms with Crippen LogP contribution in [0.2, 0.25) is 20.1 Å². The third kappa shape index (κ3) is 6.32. The molecule has 0 saturated heterocycles. The van der Waals surface area contributed by atoms with Crippen LogP contribution in [0.25, 0.3) is 0 Å². The SMILES string of the molecule is CC1(C)C[C@H](NC(=O)c2ccc(Cl)c(Cl)c2)C[C@@](C)(CNC(=O)c2ccc(Cl)c(Cl)c2)C1. The molecule has 4 nitrogen and oxygen atoms in total. The van der Waals surface area contributed by atoms with Gasteiger partial charge in [0.05, 0.1) is 20.1 Å². The Morgan fingerprint density at radius 2 is 1.38 bits per heavy atom. The number of halogens is 4. The molecule has 0 spiro atoms. The molecule has 32 heavy (non-hydrogen) atoms. The number of rotatable bonds is 5. The van der Waals surface area contributed by atoms with Crippen LogP contribution in [0, 0.1) is 10.8 Å². The molecule has 0 radical (unpaired) electrons. The average molecular weight is 516 g/mol. The van der Waals surface area contributed by atoms with Crippen molar-refractivity contribution in [1.29, 1.82) is 0 Å². The summed E-state index contributed by atoms with van der Waals surface area (Å²) < 4.78 is 0. The second-order valence-corrected chi connectivity index (χ2v) is 11.3. The zero-order valence-electron chi connectivity index (χ0n) is 18.2. The first-order valence-electron chi connectivity index (χ1n) is 10.4. The van der Waals surface area contributed by atoms with Gasteiger partial charge < -0.3 is 10.6 Å². The van der Waals surface area contributed by atoms with E-state index in [-0.39, 0.29) is 28.7 Å². The molecule has 2 aromatic rings. The van der Waals surface area contributed by atoms with Crippen molar-refractivity contribution in [2.45, 2.75) is 46.1 Å². The summed E-state index contributed by atoms with van der Waals surface area (Å²) in [6, 6.07) is 9.64. The molecule has 2 amide bonds. The van der Waals surface area contributed by atoms with Crippen molar-refractivity contribution < 1.29 is 9.59 Å². The van der Waals surface area contributed by atoms with Crippen LogP contribution in [-0.2, 0) is 0 Å². The van der Waals surface area contributed by atoms with Gasteiger partial charge in [0.1, 0.15) is 0 Å². The largest absolute Gasteiger partial charge is 0.351 e. The van der Waals surface area contributed by atoms with E-state index in [1.54, 1.807) is 36.4 Å². The van der Waals surface area contributed by atoms with Crippen molar-refractivity contribution in [2.24, 2.45) is 10.8 Å². The molecule has 3 rings (SSSR count). The number of hydrogen-bond donors (Lipinski definition) is 2. The molecular formula is C24H26Cl4N2O2. The van der Waals surface area contributed by atoms with Crippen molar-refractivity contribution in [3.05, 3.63) is 67.6 Å². The van der Waals surface area contributed by atoms with Crippen molar-refractivity contribution in [2.75, 3.05) is 6.54 Å². The summed E-state index contributed by atoms with van der Waals surface area (Å²) in [5, 5.41) is 7.67. The Bertz CT molecular complexity index is 1040. The lowest BCUT2D eigenvalue weighted by Crippen LogP contribution is -2.50. The van der Waals surface area contributed by atoms with Gasteiger partial charge in [0.25, 0.3) is 11.8 Å². The molecule has 1 aliphatic rings. The second kappa shape index (κ2) is 9.80. The summed E-state index contributed by atoms with van der Waals surface area (Å²) in [6.45, 7) is 6.99. The molecule has 172 valence electrons. The average Bonchev–Trinajstić information content (AvgIpc) is 2.68. The maximum Gasteiger partial charge on any atom is 0.251 e. The normalized spacial score (nSPS) is 22.3. The zero-order chi connectivity index (χ0) is 23.7. The molecule has 1 aliphatic carbocycles. The van der Waals surface area contributed by atoms with Crippen LogP contribution in [0.3, 0.4) is 0 Å². The fourth-order valence-electron chi connectivity index (χ4n) is 4.81. The van der Waals surface area contributed by atoms with Crippen LogP contribution in [-0.4, -0.2) is 24.4 Å². The van der Waals surface area contributed by atoms with Gasteiger partial charge in [0, 0.05) is 23.7 Å². The monoisotopic (exact) mass is 514 g/mol. The van der Waals surface area contributed by atoms with Gasteiger partial charge in [-0.2, -0.15) is 0 Å². The highest BCUT2D eigenvalue weighted by Gasteiger charge is 2.42. The lowest BCUT2D eigenvalue weighted by atomic mass is 9.62. The highest BCUT2D eigenvalue weighted by Crippen LogP contribution is 2.46. The lowest BCUT2D eigenvalue weighted by molar-refractivity contribution is 0.0592. The van der Waals surface area contributed by atoms with Gasteiger partial charge in [0.2, 0.25) is 0 Å². The summed E-state index contributed by atoms with van der Waals surface area (Å²) in [7, 11) is 0. The van der Waals surface area contributed by atoms with Crippen LogP contribution in [0.5, 0.6) is 0 Å². The van der Waals surface area contributed by atoms with Crippen LogP contribution in [0.1, 0.15) is 60.7 Å². The Balaban J connectivity index is 1.68. The maximum atomic E-state index is 12.8. The van der Waals surface area contributed by atoms with Gasteiger partial charge in [0.15, 0.2) is 0 Å². The third-order valence-electron chi connectivity index (χ3n) is 5.82. The highest BCUT2D eigenvalue weighted by atomic mass is 35.5. The first-order valence-corrected chi connectivity index (χ1v) is 11.9. The number of amides is 2. The van der Waals surface area contributed by atoms with Gasteiger partial charge in [-0.3, -0.25) is 9.59 Å². The van der Waals surface area contributed by atoms with E-state index in [9.17, 15) is 9.59 Å². The van der Waals surface area contributed by atoms with Crippen LogP contribution in [0.15, 0.2) is 36.4 Å². The van der Waals surface area contributed by atoms with Crippen LogP contribution < -0.4 is 10.6 Å². The van der Waals surface area contributed by atoms with E-state index in [1.807, 2.05) is 0 Å². The molecule has 1 fully saturated rings. The van der Waals surface area contributed by atoms with Crippen molar-refractivity contribution >= 4 is 58.2 Å². The maximum absolute atomic E-state index is 12.8. The van der Waals surface area contributed by atoms with Crippen molar-refractivity contribution in [3.63, 3.8) is 0 Å². The minimum Gasteiger partial charge on any atom is -0.351 e. The summed E-state index contributed by atoms with van der Waals surface area (Å²) in [4.78, 5) is 25.5. The van der Waals surface area contributed by atoms with E-state index < -0.39 is 0 Å². The van der Waals surface area contributed by atoms with Gasteiger partial charge >= 0.3 is 0 Å². The minimum absolute atomic E-state index is 0.00308. The fourth-order valence-corrected chi connectivity index (χ4v) is 5.41.